The molecule has 1 aromatic heterocycles. The van der Waals surface area contributed by atoms with E-state index in [9.17, 15) is 14.4 Å². The summed E-state index contributed by atoms with van der Waals surface area (Å²) in [5.41, 5.74) is 3.61. The minimum atomic E-state index is -0.422. The Balaban J connectivity index is 1.77. The highest BCUT2D eigenvalue weighted by Crippen LogP contribution is 2.47. The van der Waals surface area contributed by atoms with Crippen molar-refractivity contribution in [3.63, 3.8) is 0 Å². The van der Waals surface area contributed by atoms with Gasteiger partial charge in [0.15, 0.2) is 0 Å². The second-order valence-electron chi connectivity index (χ2n) is 6.38. The second-order valence-corrected chi connectivity index (χ2v) is 7.40. The van der Waals surface area contributed by atoms with E-state index in [2.05, 4.69) is 5.32 Å². The van der Waals surface area contributed by atoms with E-state index >= 15 is 0 Å². The van der Waals surface area contributed by atoms with Crippen molar-refractivity contribution >= 4 is 34.2 Å². The minimum absolute atomic E-state index is 0.181. The zero-order chi connectivity index (χ0) is 20.1. The highest BCUT2D eigenvalue weighted by atomic mass is 32.1. The van der Waals surface area contributed by atoms with Crippen molar-refractivity contribution in [2.45, 2.75) is 39.5 Å². The van der Waals surface area contributed by atoms with Crippen molar-refractivity contribution in [3.05, 3.63) is 41.0 Å². The number of thiophene rings is 1. The van der Waals surface area contributed by atoms with E-state index in [1.54, 1.807) is 13.8 Å². The van der Waals surface area contributed by atoms with Crippen LogP contribution in [0.1, 0.15) is 54.6 Å². The van der Waals surface area contributed by atoms with Gasteiger partial charge in [-0.25, -0.2) is 4.79 Å². The molecule has 1 N–H and O–H groups in total. The lowest BCUT2D eigenvalue weighted by Gasteiger charge is -2.08. The summed E-state index contributed by atoms with van der Waals surface area (Å²) < 4.78 is 10.1. The first-order chi connectivity index (χ1) is 13.5. The summed E-state index contributed by atoms with van der Waals surface area (Å²) in [6, 6.07) is 8.01. The third kappa shape index (κ3) is 4.25. The van der Waals surface area contributed by atoms with E-state index in [-0.39, 0.29) is 31.3 Å². The number of hydrogen-bond donors (Lipinski definition) is 1. The molecule has 0 radical (unpaired) electrons. The Morgan fingerprint density at radius 1 is 1.07 bits per heavy atom. The third-order valence-electron chi connectivity index (χ3n) is 4.46. The van der Waals surface area contributed by atoms with Crippen LogP contribution < -0.4 is 5.32 Å². The van der Waals surface area contributed by atoms with Crippen molar-refractivity contribution < 1.29 is 23.9 Å². The standard InChI is InChI=1S/C21H23NO5S/c1-3-26-17(24)11-7-10-16(23)22-20-18(21(25)27-4-2)15-12-13-8-5-6-9-14(13)19(15)28-20/h5-6,8-9H,3-4,7,10-12H2,1-2H3,(H,22,23). The summed E-state index contributed by atoms with van der Waals surface area (Å²) in [4.78, 5) is 37.3. The number of carbonyl (C=O) groups excluding carboxylic acids is 3. The number of esters is 2. The topological polar surface area (TPSA) is 81.7 Å². The summed E-state index contributed by atoms with van der Waals surface area (Å²) in [5, 5.41) is 3.36. The molecule has 1 aliphatic rings. The van der Waals surface area contributed by atoms with E-state index in [0.717, 1.165) is 16.0 Å². The molecule has 1 amide bonds. The van der Waals surface area contributed by atoms with Crippen molar-refractivity contribution in [2.24, 2.45) is 0 Å². The lowest BCUT2D eigenvalue weighted by Crippen LogP contribution is -2.15. The van der Waals surface area contributed by atoms with Crippen LogP contribution in [0.3, 0.4) is 0 Å². The maximum Gasteiger partial charge on any atom is 0.341 e. The van der Waals surface area contributed by atoms with E-state index in [0.29, 0.717) is 30.0 Å². The molecule has 0 spiro atoms. The molecule has 0 atom stereocenters. The van der Waals surface area contributed by atoms with Gasteiger partial charge in [-0.1, -0.05) is 24.3 Å². The summed E-state index contributed by atoms with van der Waals surface area (Å²) >= 11 is 1.40. The fourth-order valence-electron chi connectivity index (χ4n) is 3.26. The number of amides is 1. The molecule has 28 heavy (non-hydrogen) atoms. The minimum Gasteiger partial charge on any atom is -0.466 e. The molecular formula is C21H23NO5S. The Kier molecular flexibility index (Phi) is 6.46. The number of fused-ring (bicyclic) bond motifs is 3. The summed E-state index contributed by atoms with van der Waals surface area (Å²) in [6.07, 6.45) is 1.42. The molecule has 3 rings (SSSR count). The lowest BCUT2D eigenvalue weighted by atomic mass is 10.1. The van der Waals surface area contributed by atoms with Crippen LogP contribution in [-0.4, -0.2) is 31.1 Å². The largest absolute Gasteiger partial charge is 0.466 e. The molecule has 7 heteroatoms. The van der Waals surface area contributed by atoms with Gasteiger partial charge in [0.05, 0.1) is 18.8 Å². The normalized spacial score (nSPS) is 11.5. The molecule has 148 valence electrons. The number of nitrogens with one attached hydrogen (secondary N) is 1. The van der Waals surface area contributed by atoms with E-state index in [4.69, 9.17) is 9.47 Å². The maximum absolute atomic E-state index is 12.6. The predicted octanol–water partition coefficient (Wildman–Crippen LogP) is 4.17. The average molecular weight is 401 g/mol. The van der Waals surface area contributed by atoms with Crippen LogP contribution in [0.5, 0.6) is 0 Å². The third-order valence-corrected chi connectivity index (χ3v) is 5.64. The molecule has 0 saturated heterocycles. The van der Waals surface area contributed by atoms with Crippen molar-refractivity contribution in [2.75, 3.05) is 18.5 Å². The average Bonchev–Trinajstić information content (AvgIpc) is 3.17. The van der Waals surface area contributed by atoms with Crippen molar-refractivity contribution in [3.8, 4) is 10.4 Å². The molecular weight excluding hydrogens is 378 g/mol. The van der Waals surface area contributed by atoms with Crippen molar-refractivity contribution in [1.82, 2.24) is 0 Å². The number of carbonyl (C=O) groups is 3. The van der Waals surface area contributed by atoms with Gasteiger partial charge in [0.1, 0.15) is 5.00 Å². The molecule has 6 nitrogen and oxygen atoms in total. The van der Waals surface area contributed by atoms with Crippen LogP contribution in [0.25, 0.3) is 10.4 Å². The van der Waals surface area contributed by atoms with E-state index in [1.165, 1.54) is 16.9 Å². The first-order valence-electron chi connectivity index (χ1n) is 9.41. The van der Waals surface area contributed by atoms with Gasteiger partial charge in [-0.05, 0) is 37.0 Å². The van der Waals surface area contributed by atoms with Gasteiger partial charge in [-0.15, -0.1) is 11.3 Å². The van der Waals surface area contributed by atoms with E-state index in [1.807, 2.05) is 24.3 Å². The Bertz CT molecular complexity index is 902. The Morgan fingerprint density at radius 3 is 2.57 bits per heavy atom. The number of hydrogen-bond acceptors (Lipinski definition) is 6. The molecule has 2 aromatic rings. The fraction of sp³-hybridized carbons (Fsp3) is 0.381. The number of ether oxygens (including phenoxy) is 2. The highest BCUT2D eigenvalue weighted by Gasteiger charge is 2.31. The molecule has 0 aliphatic heterocycles. The summed E-state index contributed by atoms with van der Waals surface area (Å²) in [5.74, 6) is -0.966. The fourth-order valence-corrected chi connectivity index (χ4v) is 4.54. The van der Waals surface area contributed by atoms with Gasteiger partial charge in [-0.3, -0.25) is 9.59 Å². The van der Waals surface area contributed by atoms with Crippen LogP contribution >= 0.6 is 11.3 Å². The van der Waals surface area contributed by atoms with Gasteiger partial charge in [0, 0.05) is 24.1 Å². The molecule has 1 aliphatic carbocycles. The van der Waals surface area contributed by atoms with Gasteiger partial charge in [0.2, 0.25) is 5.91 Å². The SMILES string of the molecule is CCOC(=O)CCCC(=O)Nc1sc2c(c1C(=O)OCC)Cc1ccccc1-2. The van der Waals surface area contributed by atoms with Gasteiger partial charge >= 0.3 is 11.9 Å². The molecule has 0 fully saturated rings. The smallest absolute Gasteiger partial charge is 0.341 e. The van der Waals surface area contributed by atoms with Crippen LogP contribution in [0, 0.1) is 0 Å². The molecule has 1 heterocycles. The quantitative estimate of drug-likeness (QED) is 0.573. The first kappa shape index (κ1) is 20.1. The Morgan fingerprint density at radius 2 is 1.82 bits per heavy atom. The van der Waals surface area contributed by atoms with Crippen LogP contribution in [0.2, 0.25) is 0 Å². The number of anilines is 1. The first-order valence-corrected chi connectivity index (χ1v) is 10.2. The summed E-state index contributed by atoms with van der Waals surface area (Å²) in [6.45, 7) is 4.10. The summed E-state index contributed by atoms with van der Waals surface area (Å²) in [7, 11) is 0. The van der Waals surface area contributed by atoms with Crippen LogP contribution in [-0.2, 0) is 25.5 Å². The van der Waals surface area contributed by atoms with Gasteiger partial charge < -0.3 is 14.8 Å². The second kappa shape index (κ2) is 9.01. The maximum atomic E-state index is 12.6. The van der Waals surface area contributed by atoms with E-state index < -0.39 is 5.97 Å². The van der Waals surface area contributed by atoms with Gasteiger partial charge in [-0.2, -0.15) is 0 Å². The molecule has 0 bridgehead atoms. The number of benzene rings is 1. The zero-order valence-corrected chi connectivity index (χ0v) is 16.8. The Labute approximate surface area is 167 Å². The predicted molar refractivity (Wildman–Crippen MR) is 108 cm³/mol. The monoisotopic (exact) mass is 401 g/mol. The van der Waals surface area contributed by atoms with Crippen LogP contribution in [0.15, 0.2) is 24.3 Å². The zero-order valence-electron chi connectivity index (χ0n) is 16.0. The molecule has 1 aromatic carbocycles. The van der Waals surface area contributed by atoms with Crippen LogP contribution in [0.4, 0.5) is 5.00 Å². The van der Waals surface area contributed by atoms with Crippen molar-refractivity contribution in [1.29, 1.82) is 0 Å². The lowest BCUT2D eigenvalue weighted by molar-refractivity contribution is -0.143. The number of rotatable bonds is 8. The molecule has 0 saturated carbocycles. The highest BCUT2D eigenvalue weighted by molar-refractivity contribution is 7.20. The Hall–Kier alpha value is -2.67. The molecule has 0 unspecified atom stereocenters. The van der Waals surface area contributed by atoms with Gasteiger partial charge in [0.25, 0.3) is 0 Å².